The van der Waals surface area contributed by atoms with Crippen LogP contribution in [0.25, 0.3) is 0 Å². The van der Waals surface area contributed by atoms with E-state index in [2.05, 4.69) is 86.7 Å². The van der Waals surface area contributed by atoms with Gasteiger partial charge >= 0.3 is 0 Å². The van der Waals surface area contributed by atoms with Gasteiger partial charge in [-0.2, -0.15) is 0 Å². The molecular weight excluding hydrogens is 532 g/mol. The fourth-order valence-electron chi connectivity index (χ4n) is 5.82. The molecule has 0 N–H and O–H groups in total. The smallest absolute Gasteiger partial charge is 0.0848 e. The predicted molar refractivity (Wildman–Crippen MR) is 198 cm³/mol. The molecule has 2 aromatic rings. The molecule has 0 unspecified atom stereocenters. The fraction of sp³-hybridized carbons (Fsp3) is 0.619. The quantitative estimate of drug-likeness (QED) is 0.0687. The van der Waals surface area contributed by atoms with Crippen LogP contribution in [0.15, 0.2) is 82.8 Å². The monoisotopic (exact) mass is 599 g/mol. The summed E-state index contributed by atoms with van der Waals surface area (Å²) in [7, 11) is 0. The van der Waals surface area contributed by atoms with Gasteiger partial charge in [0.2, 0.25) is 0 Å². The van der Waals surface area contributed by atoms with Crippen LogP contribution in [-0.2, 0) is 0 Å². The molecule has 0 saturated carbocycles. The second kappa shape index (κ2) is 28.0. The molecule has 0 aliphatic carbocycles. The molecule has 2 aromatic carbocycles. The van der Waals surface area contributed by atoms with Crippen molar-refractivity contribution in [2.24, 2.45) is 9.98 Å². The van der Waals surface area contributed by atoms with E-state index in [-0.39, 0.29) is 0 Å². The number of rotatable bonds is 28. The summed E-state index contributed by atoms with van der Waals surface area (Å²) >= 11 is 0. The summed E-state index contributed by atoms with van der Waals surface area (Å²) in [5, 5.41) is 0. The van der Waals surface area contributed by atoms with Crippen LogP contribution in [-0.4, -0.2) is 11.4 Å². The summed E-state index contributed by atoms with van der Waals surface area (Å²) in [4.78, 5) is 10.2. The molecule has 44 heavy (non-hydrogen) atoms. The predicted octanol–water partition coefficient (Wildman–Crippen LogP) is 14.5. The standard InChI is InChI=1S/C42H66N2/c1-3-5-7-9-11-12-13-14-15-16-17-18-19-20-21-22-24-32-38-42(44-40-35-29-26-30-36-40)41(37-31-23-10-8-6-4-2)43-39-33-27-25-28-34-39/h25-30,32-36,38H,3-24,31,37H2,1-2H3. The highest BCUT2D eigenvalue weighted by Gasteiger charge is 2.08. The second-order valence-electron chi connectivity index (χ2n) is 12.7. The molecule has 0 atom stereocenters. The van der Waals surface area contributed by atoms with Gasteiger partial charge in [0, 0.05) is 0 Å². The first kappa shape index (κ1) is 37.7. The summed E-state index contributed by atoms with van der Waals surface area (Å²) in [6, 6.07) is 20.8. The highest BCUT2D eigenvalue weighted by atomic mass is 14.8. The molecule has 2 rings (SSSR count). The number of aliphatic imine (C=N–C) groups is 2. The number of para-hydroxylation sites is 2. The van der Waals surface area contributed by atoms with Crippen molar-refractivity contribution >= 4 is 22.8 Å². The topological polar surface area (TPSA) is 24.7 Å². The normalized spacial score (nSPS) is 12.4. The number of benzene rings is 2. The van der Waals surface area contributed by atoms with Crippen LogP contribution in [0, 0.1) is 0 Å². The Morgan fingerprint density at radius 1 is 0.455 bits per heavy atom. The molecular formula is C42H66N2. The third-order valence-corrected chi connectivity index (χ3v) is 8.59. The van der Waals surface area contributed by atoms with Crippen LogP contribution in [0.1, 0.15) is 168 Å². The molecule has 0 aromatic heterocycles. The molecule has 244 valence electrons. The maximum Gasteiger partial charge on any atom is 0.0848 e. The lowest BCUT2D eigenvalue weighted by molar-refractivity contribution is 0.530. The molecule has 0 bridgehead atoms. The largest absolute Gasteiger partial charge is 0.251 e. The molecule has 2 heteroatoms. The maximum absolute atomic E-state index is 5.12. The van der Waals surface area contributed by atoms with Gasteiger partial charge in [-0.15, -0.1) is 0 Å². The van der Waals surface area contributed by atoms with Gasteiger partial charge < -0.3 is 0 Å². The van der Waals surface area contributed by atoms with Crippen molar-refractivity contribution < 1.29 is 0 Å². The van der Waals surface area contributed by atoms with Gasteiger partial charge in [-0.05, 0) is 56.0 Å². The van der Waals surface area contributed by atoms with Crippen molar-refractivity contribution in [1.29, 1.82) is 0 Å². The highest BCUT2D eigenvalue weighted by molar-refractivity contribution is 6.47. The molecule has 0 radical (unpaired) electrons. The molecule has 0 heterocycles. The van der Waals surface area contributed by atoms with E-state index in [1.54, 1.807) is 0 Å². The SMILES string of the molecule is CCCCCCCCCCCCCCCCCCC=CC(=Nc1ccccc1)C(CCCCCCCC)=Nc1ccccc1. The summed E-state index contributed by atoms with van der Waals surface area (Å²) in [5.74, 6) is 0. The Balaban J connectivity index is 1.76. The van der Waals surface area contributed by atoms with Crippen molar-refractivity contribution in [1.82, 2.24) is 0 Å². The Morgan fingerprint density at radius 3 is 1.30 bits per heavy atom. The number of allylic oxidation sites excluding steroid dienone is 2. The minimum Gasteiger partial charge on any atom is -0.251 e. The van der Waals surface area contributed by atoms with Crippen molar-refractivity contribution in [3.05, 3.63) is 72.8 Å². The van der Waals surface area contributed by atoms with E-state index in [4.69, 9.17) is 9.98 Å². The van der Waals surface area contributed by atoms with Gasteiger partial charge in [0.05, 0.1) is 22.8 Å². The average Bonchev–Trinajstić information content (AvgIpc) is 3.05. The zero-order valence-electron chi connectivity index (χ0n) is 28.8. The first-order valence-corrected chi connectivity index (χ1v) is 18.8. The second-order valence-corrected chi connectivity index (χ2v) is 12.7. The molecule has 0 aliphatic heterocycles. The lowest BCUT2D eigenvalue weighted by Crippen LogP contribution is -2.12. The zero-order valence-corrected chi connectivity index (χ0v) is 28.8. The van der Waals surface area contributed by atoms with Crippen LogP contribution in [0.2, 0.25) is 0 Å². The summed E-state index contributed by atoms with van der Waals surface area (Å²) in [6.45, 7) is 4.58. The van der Waals surface area contributed by atoms with Crippen LogP contribution < -0.4 is 0 Å². The van der Waals surface area contributed by atoms with E-state index in [0.717, 1.165) is 42.1 Å². The summed E-state index contributed by atoms with van der Waals surface area (Å²) in [5.41, 5.74) is 4.14. The van der Waals surface area contributed by atoms with Crippen LogP contribution in [0.3, 0.4) is 0 Å². The molecule has 0 saturated heterocycles. The van der Waals surface area contributed by atoms with Crippen LogP contribution in [0.4, 0.5) is 11.4 Å². The van der Waals surface area contributed by atoms with Crippen LogP contribution in [0.5, 0.6) is 0 Å². The Bertz CT molecular complexity index is 989. The molecule has 0 amide bonds. The minimum atomic E-state index is 0.968. The van der Waals surface area contributed by atoms with E-state index < -0.39 is 0 Å². The van der Waals surface area contributed by atoms with E-state index in [1.165, 1.54) is 135 Å². The third-order valence-electron chi connectivity index (χ3n) is 8.59. The fourth-order valence-corrected chi connectivity index (χ4v) is 5.82. The average molecular weight is 599 g/mol. The van der Waals surface area contributed by atoms with Crippen LogP contribution >= 0.6 is 0 Å². The summed E-state index contributed by atoms with van der Waals surface area (Å²) in [6.07, 6.45) is 37.0. The van der Waals surface area contributed by atoms with E-state index in [0.29, 0.717) is 0 Å². The Hall–Kier alpha value is -2.48. The Morgan fingerprint density at radius 2 is 0.841 bits per heavy atom. The van der Waals surface area contributed by atoms with E-state index >= 15 is 0 Å². The Labute approximate surface area is 273 Å². The van der Waals surface area contributed by atoms with Gasteiger partial charge in [0.1, 0.15) is 0 Å². The van der Waals surface area contributed by atoms with Crippen molar-refractivity contribution in [2.45, 2.75) is 168 Å². The van der Waals surface area contributed by atoms with Crippen molar-refractivity contribution in [2.75, 3.05) is 0 Å². The van der Waals surface area contributed by atoms with Gasteiger partial charge in [-0.1, -0.05) is 185 Å². The number of nitrogens with zero attached hydrogens (tertiary/aromatic N) is 2. The van der Waals surface area contributed by atoms with E-state index in [1.807, 2.05) is 0 Å². The summed E-state index contributed by atoms with van der Waals surface area (Å²) < 4.78 is 0. The van der Waals surface area contributed by atoms with Gasteiger partial charge in [0.25, 0.3) is 0 Å². The van der Waals surface area contributed by atoms with Crippen molar-refractivity contribution in [3.63, 3.8) is 0 Å². The number of hydrogen-bond donors (Lipinski definition) is 0. The third kappa shape index (κ3) is 20.5. The van der Waals surface area contributed by atoms with Gasteiger partial charge in [0.15, 0.2) is 0 Å². The first-order valence-electron chi connectivity index (χ1n) is 18.8. The lowest BCUT2D eigenvalue weighted by Gasteiger charge is -2.09. The molecule has 0 spiro atoms. The molecule has 0 fully saturated rings. The van der Waals surface area contributed by atoms with Crippen molar-refractivity contribution in [3.8, 4) is 0 Å². The Kier molecular flexibility index (Phi) is 24.0. The lowest BCUT2D eigenvalue weighted by atomic mass is 10.0. The minimum absolute atomic E-state index is 0.968. The van der Waals surface area contributed by atoms with E-state index in [9.17, 15) is 0 Å². The van der Waals surface area contributed by atoms with Gasteiger partial charge in [-0.3, -0.25) is 4.99 Å². The maximum atomic E-state index is 5.12. The highest BCUT2D eigenvalue weighted by Crippen LogP contribution is 2.19. The first-order chi connectivity index (χ1) is 21.8. The van der Waals surface area contributed by atoms with Gasteiger partial charge in [-0.25, -0.2) is 4.99 Å². The number of hydrogen-bond acceptors (Lipinski definition) is 2. The molecule has 0 aliphatic rings. The number of unbranched alkanes of at least 4 members (excludes halogenated alkanes) is 21. The zero-order chi connectivity index (χ0) is 31.2. The molecule has 2 nitrogen and oxygen atoms in total.